The standard InChI is InChI=1S/C9H17NO2S/c1-3-7-13-8-9(12)10(4-2)5-6-11/h3,11H,1,4-8H2,2H3. The number of rotatable bonds is 7. The third kappa shape index (κ3) is 5.71. The van der Waals surface area contributed by atoms with Gasteiger partial charge in [-0.15, -0.1) is 18.3 Å². The van der Waals surface area contributed by atoms with Crippen molar-refractivity contribution >= 4 is 17.7 Å². The zero-order valence-corrected chi connectivity index (χ0v) is 8.85. The van der Waals surface area contributed by atoms with Crippen molar-refractivity contribution in [2.75, 3.05) is 31.2 Å². The maximum Gasteiger partial charge on any atom is 0.232 e. The average molecular weight is 203 g/mol. The lowest BCUT2D eigenvalue weighted by atomic mass is 10.5. The highest BCUT2D eigenvalue weighted by Crippen LogP contribution is 2.02. The van der Waals surface area contributed by atoms with Gasteiger partial charge in [0.15, 0.2) is 0 Å². The minimum absolute atomic E-state index is 0.0334. The first-order chi connectivity index (χ1) is 6.26. The monoisotopic (exact) mass is 203 g/mol. The van der Waals surface area contributed by atoms with Crippen molar-refractivity contribution in [3.63, 3.8) is 0 Å². The Morgan fingerprint density at radius 2 is 2.38 bits per heavy atom. The number of hydrogen-bond donors (Lipinski definition) is 1. The number of carbonyl (C=O) groups excluding carboxylic acids is 1. The minimum Gasteiger partial charge on any atom is -0.395 e. The molecule has 0 radical (unpaired) electrons. The van der Waals surface area contributed by atoms with Gasteiger partial charge in [-0.05, 0) is 6.92 Å². The number of aliphatic hydroxyl groups is 1. The molecule has 0 saturated carbocycles. The minimum atomic E-state index is 0.0334. The maximum absolute atomic E-state index is 11.4. The number of carbonyl (C=O) groups is 1. The van der Waals surface area contributed by atoms with Crippen LogP contribution >= 0.6 is 11.8 Å². The number of hydrogen-bond acceptors (Lipinski definition) is 3. The summed E-state index contributed by atoms with van der Waals surface area (Å²) in [5.74, 6) is 1.35. The molecule has 1 N–H and O–H groups in total. The molecule has 0 aromatic carbocycles. The quantitative estimate of drug-likeness (QED) is 0.490. The van der Waals surface area contributed by atoms with Gasteiger partial charge in [0.25, 0.3) is 0 Å². The van der Waals surface area contributed by atoms with Crippen LogP contribution in [0, 0.1) is 0 Å². The van der Waals surface area contributed by atoms with E-state index >= 15 is 0 Å². The molecule has 13 heavy (non-hydrogen) atoms. The zero-order chi connectivity index (χ0) is 10.1. The predicted octanol–water partition coefficient (Wildman–Crippen LogP) is 0.746. The van der Waals surface area contributed by atoms with E-state index in [9.17, 15) is 4.79 Å². The summed E-state index contributed by atoms with van der Waals surface area (Å²) in [6.07, 6.45) is 1.78. The summed E-state index contributed by atoms with van der Waals surface area (Å²) in [5, 5.41) is 8.67. The molecule has 4 heteroatoms. The van der Waals surface area contributed by atoms with Crippen molar-refractivity contribution in [2.45, 2.75) is 6.92 Å². The summed E-state index contributed by atoms with van der Waals surface area (Å²) in [7, 11) is 0. The highest BCUT2D eigenvalue weighted by atomic mass is 32.2. The molecule has 3 nitrogen and oxygen atoms in total. The molecule has 0 aromatic rings. The van der Waals surface area contributed by atoms with Crippen molar-refractivity contribution in [1.82, 2.24) is 4.90 Å². The molecule has 0 aromatic heterocycles. The molecule has 0 spiro atoms. The molecule has 0 fully saturated rings. The van der Waals surface area contributed by atoms with Crippen LogP contribution in [0.3, 0.4) is 0 Å². The molecule has 76 valence electrons. The van der Waals surface area contributed by atoms with E-state index in [1.165, 1.54) is 0 Å². The Hall–Kier alpha value is -0.480. The molecule has 0 heterocycles. The van der Waals surface area contributed by atoms with Crippen molar-refractivity contribution in [2.24, 2.45) is 0 Å². The van der Waals surface area contributed by atoms with Crippen LogP contribution in [0.4, 0.5) is 0 Å². The first-order valence-corrected chi connectivity index (χ1v) is 5.49. The summed E-state index contributed by atoms with van der Waals surface area (Å²) in [6, 6.07) is 0. The van der Waals surface area contributed by atoms with E-state index in [1.807, 2.05) is 6.92 Å². The van der Waals surface area contributed by atoms with Crippen LogP contribution in [0.2, 0.25) is 0 Å². The molecule has 0 atom stereocenters. The van der Waals surface area contributed by atoms with Crippen LogP contribution in [0.15, 0.2) is 12.7 Å². The lowest BCUT2D eigenvalue weighted by Crippen LogP contribution is -2.34. The third-order valence-electron chi connectivity index (χ3n) is 1.57. The first-order valence-electron chi connectivity index (χ1n) is 4.33. The van der Waals surface area contributed by atoms with Gasteiger partial charge in [-0.2, -0.15) is 0 Å². The molecular formula is C9H17NO2S. The van der Waals surface area contributed by atoms with Crippen LogP contribution in [0.1, 0.15) is 6.92 Å². The molecule has 0 aliphatic rings. The Morgan fingerprint density at radius 3 is 2.85 bits per heavy atom. The highest BCUT2D eigenvalue weighted by Gasteiger charge is 2.09. The first kappa shape index (κ1) is 12.5. The van der Waals surface area contributed by atoms with Crippen LogP contribution in [0.25, 0.3) is 0 Å². The van der Waals surface area contributed by atoms with Gasteiger partial charge in [0, 0.05) is 18.8 Å². The Morgan fingerprint density at radius 1 is 1.69 bits per heavy atom. The smallest absolute Gasteiger partial charge is 0.232 e. The van der Waals surface area contributed by atoms with Gasteiger partial charge in [0.05, 0.1) is 12.4 Å². The number of thioether (sulfide) groups is 1. The van der Waals surface area contributed by atoms with Gasteiger partial charge < -0.3 is 10.0 Å². The summed E-state index contributed by atoms with van der Waals surface area (Å²) >= 11 is 1.54. The lowest BCUT2D eigenvalue weighted by Gasteiger charge is -2.18. The zero-order valence-electron chi connectivity index (χ0n) is 8.03. The van der Waals surface area contributed by atoms with E-state index in [0.29, 0.717) is 18.8 Å². The molecule has 0 saturated heterocycles. The van der Waals surface area contributed by atoms with Gasteiger partial charge in [-0.1, -0.05) is 6.08 Å². The van der Waals surface area contributed by atoms with Gasteiger partial charge in [0.1, 0.15) is 0 Å². The van der Waals surface area contributed by atoms with Crippen LogP contribution in [-0.2, 0) is 4.79 Å². The number of nitrogens with zero attached hydrogens (tertiary/aromatic N) is 1. The normalized spacial score (nSPS) is 9.69. The summed E-state index contributed by atoms with van der Waals surface area (Å²) in [5.41, 5.74) is 0. The average Bonchev–Trinajstić information content (AvgIpc) is 2.14. The Bertz CT molecular complexity index is 162. The van der Waals surface area contributed by atoms with Crippen molar-refractivity contribution in [3.8, 4) is 0 Å². The largest absolute Gasteiger partial charge is 0.395 e. The second kappa shape index (κ2) is 8.13. The second-order valence-corrected chi connectivity index (χ2v) is 3.53. The number of aliphatic hydroxyl groups excluding tert-OH is 1. The fourth-order valence-electron chi connectivity index (χ4n) is 0.901. The molecule has 1 amide bonds. The van der Waals surface area contributed by atoms with Gasteiger partial charge in [0.2, 0.25) is 5.91 Å². The lowest BCUT2D eigenvalue weighted by molar-refractivity contribution is -0.128. The molecular weight excluding hydrogens is 186 g/mol. The van der Waals surface area contributed by atoms with Crippen molar-refractivity contribution in [1.29, 1.82) is 0 Å². The topological polar surface area (TPSA) is 40.5 Å². The molecule has 0 rings (SSSR count). The Kier molecular flexibility index (Phi) is 7.83. The van der Waals surface area contributed by atoms with Crippen LogP contribution in [0.5, 0.6) is 0 Å². The van der Waals surface area contributed by atoms with Gasteiger partial charge in [-0.25, -0.2) is 0 Å². The fraction of sp³-hybridized carbons (Fsp3) is 0.667. The van der Waals surface area contributed by atoms with E-state index in [0.717, 1.165) is 5.75 Å². The summed E-state index contributed by atoms with van der Waals surface area (Å²) in [6.45, 7) is 6.61. The van der Waals surface area contributed by atoms with Crippen molar-refractivity contribution in [3.05, 3.63) is 12.7 Å². The predicted molar refractivity (Wildman–Crippen MR) is 56.9 cm³/mol. The molecule has 0 unspecified atom stereocenters. The van der Waals surface area contributed by atoms with E-state index in [2.05, 4.69) is 6.58 Å². The number of amides is 1. The fourth-order valence-corrected chi connectivity index (χ4v) is 1.54. The third-order valence-corrected chi connectivity index (χ3v) is 2.49. The molecule has 0 aliphatic heterocycles. The van der Waals surface area contributed by atoms with Gasteiger partial charge >= 0.3 is 0 Å². The van der Waals surface area contributed by atoms with Gasteiger partial charge in [-0.3, -0.25) is 4.79 Å². The summed E-state index contributed by atoms with van der Waals surface area (Å²) < 4.78 is 0. The molecule has 0 bridgehead atoms. The van der Waals surface area contributed by atoms with Crippen LogP contribution < -0.4 is 0 Å². The SMILES string of the molecule is C=CCSCC(=O)N(CC)CCO. The maximum atomic E-state index is 11.4. The molecule has 0 aliphatic carbocycles. The van der Waals surface area contributed by atoms with Crippen LogP contribution in [-0.4, -0.2) is 47.1 Å². The Balaban J connectivity index is 3.70. The Labute approximate surface area is 83.8 Å². The van der Waals surface area contributed by atoms with Crippen molar-refractivity contribution < 1.29 is 9.90 Å². The van der Waals surface area contributed by atoms with E-state index < -0.39 is 0 Å². The second-order valence-electron chi connectivity index (χ2n) is 2.50. The number of likely N-dealkylation sites (N-methyl/N-ethyl adjacent to an activating group) is 1. The highest BCUT2D eigenvalue weighted by molar-refractivity contribution is 8.00. The van der Waals surface area contributed by atoms with E-state index in [1.54, 1.807) is 22.7 Å². The summed E-state index contributed by atoms with van der Waals surface area (Å²) in [4.78, 5) is 13.0. The van der Waals surface area contributed by atoms with E-state index in [-0.39, 0.29) is 12.5 Å². The van der Waals surface area contributed by atoms with E-state index in [4.69, 9.17) is 5.11 Å².